The van der Waals surface area contributed by atoms with Crippen molar-refractivity contribution >= 4 is 5.91 Å². The van der Waals surface area contributed by atoms with E-state index in [4.69, 9.17) is 19.9 Å². The first-order valence-electron chi connectivity index (χ1n) is 8.96. The second-order valence-electron chi connectivity index (χ2n) is 5.91. The highest BCUT2D eigenvalue weighted by atomic mass is 16.5. The molecule has 2 rings (SSSR count). The SMILES string of the molecule is COc1ccc(CNC(=O)/C=C(\NCc2ccc(OC)cc2)OCCN)cc1. The summed E-state index contributed by atoms with van der Waals surface area (Å²) in [5.41, 5.74) is 7.50. The standard InChI is InChI=1S/C21H27N3O4/c1-26-18-7-3-16(4-8-18)14-23-20(25)13-21(28-12-11-22)24-15-17-5-9-19(27-2)10-6-17/h3-10,13,24H,11-12,14-15,22H2,1-2H3,(H,23,25)/b21-13+. The molecule has 0 aliphatic heterocycles. The summed E-state index contributed by atoms with van der Waals surface area (Å²) < 4.78 is 15.8. The molecule has 1 amide bonds. The number of nitrogens with two attached hydrogens (primary N) is 1. The molecule has 0 aliphatic carbocycles. The Hall–Kier alpha value is -3.19. The summed E-state index contributed by atoms with van der Waals surface area (Å²) in [5, 5.41) is 5.95. The first-order valence-corrected chi connectivity index (χ1v) is 8.96. The van der Waals surface area contributed by atoms with E-state index in [1.54, 1.807) is 14.2 Å². The Balaban J connectivity index is 1.91. The van der Waals surface area contributed by atoms with E-state index in [1.807, 2.05) is 48.5 Å². The smallest absolute Gasteiger partial charge is 0.249 e. The number of amides is 1. The van der Waals surface area contributed by atoms with Crippen LogP contribution in [0.15, 0.2) is 60.5 Å². The second-order valence-corrected chi connectivity index (χ2v) is 5.91. The van der Waals surface area contributed by atoms with Crippen molar-refractivity contribution in [1.29, 1.82) is 0 Å². The zero-order chi connectivity index (χ0) is 20.2. The molecule has 28 heavy (non-hydrogen) atoms. The molecule has 0 unspecified atom stereocenters. The van der Waals surface area contributed by atoms with Gasteiger partial charge in [0.25, 0.3) is 0 Å². The van der Waals surface area contributed by atoms with Gasteiger partial charge in [0.2, 0.25) is 5.91 Å². The minimum Gasteiger partial charge on any atom is -0.497 e. The van der Waals surface area contributed by atoms with E-state index in [-0.39, 0.29) is 5.91 Å². The molecule has 0 saturated heterocycles. The van der Waals surface area contributed by atoms with Crippen LogP contribution in [0.3, 0.4) is 0 Å². The van der Waals surface area contributed by atoms with Crippen molar-refractivity contribution < 1.29 is 19.0 Å². The van der Waals surface area contributed by atoms with Crippen LogP contribution >= 0.6 is 0 Å². The maximum atomic E-state index is 12.2. The van der Waals surface area contributed by atoms with Crippen molar-refractivity contribution in [2.75, 3.05) is 27.4 Å². The van der Waals surface area contributed by atoms with Gasteiger partial charge in [0.15, 0.2) is 5.88 Å². The van der Waals surface area contributed by atoms with E-state index in [0.717, 1.165) is 22.6 Å². The van der Waals surface area contributed by atoms with Crippen LogP contribution in [-0.2, 0) is 22.6 Å². The van der Waals surface area contributed by atoms with Crippen LogP contribution in [0.5, 0.6) is 11.5 Å². The van der Waals surface area contributed by atoms with E-state index in [1.165, 1.54) is 6.08 Å². The molecule has 150 valence electrons. The molecular weight excluding hydrogens is 358 g/mol. The Morgan fingerprint density at radius 2 is 1.39 bits per heavy atom. The van der Waals surface area contributed by atoms with Crippen molar-refractivity contribution in [2.45, 2.75) is 13.1 Å². The number of hydrogen-bond donors (Lipinski definition) is 3. The molecule has 4 N–H and O–H groups in total. The van der Waals surface area contributed by atoms with Crippen LogP contribution in [0.4, 0.5) is 0 Å². The summed E-state index contributed by atoms with van der Waals surface area (Å²) >= 11 is 0. The Morgan fingerprint density at radius 3 is 1.86 bits per heavy atom. The summed E-state index contributed by atoms with van der Waals surface area (Å²) in [5.74, 6) is 1.67. The largest absolute Gasteiger partial charge is 0.497 e. The van der Waals surface area contributed by atoms with Crippen LogP contribution in [0.1, 0.15) is 11.1 Å². The molecule has 0 radical (unpaired) electrons. The molecular formula is C21H27N3O4. The quantitative estimate of drug-likeness (QED) is 0.404. The molecule has 0 spiro atoms. The molecule has 2 aromatic rings. The third-order valence-electron chi connectivity index (χ3n) is 3.89. The lowest BCUT2D eigenvalue weighted by atomic mass is 10.2. The van der Waals surface area contributed by atoms with Gasteiger partial charge in [-0.3, -0.25) is 4.79 Å². The number of hydrogen-bond acceptors (Lipinski definition) is 6. The summed E-state index contributed by atoms with van der Waals surface area (Å²) in [4.78, 5) is 12.2. The maximum absolute atomic E-state index is 12.2. The van der Waals surface area contributed by atoms with Crippen molar-refractivity contribution in [1.82, 2.24) is 10.6 Å². The van der Waals surface area contributed by atoms with Gasteiger partial charge in [-0.05, 0) is 35.4 Å². The predicted molar refractivity (Wildman–Crippen MR) is 108 cm³/mol. The number of ether oxygens (including phenoxy) is 3. The van der Waals surface area contributed by atoms with Crippen LogP contribution < -0.4 is 25.8 Å². The number of rotatable bonds is 11. The van der Waals surface area contributed by atoms with Crippen LogP contribution in [0.25, 0.3) is 0 Å². The third kappa shape index (κ3) is 7.20. The first-order chi connectivity index (χ1) is 13.6. The average Bonchev–Trinajstić information content (AvgIpc) is 2.74. The fourth-order valence-electron chi connectivity index (χ4n) is 2.35. The summed E-state index contributed by atoms with van der Waals surface area (Å²) in [6.45, 7) is 1.58. The van der Waals surface area contributed by atoms with Gasteiger partial charge in [0, 0.05) is 19.6 Å². The minimum atomic E-state index is -0.259. The molecule has 0 atom stereocenters. The molecule has 0 fully saturated rings. The van der Waals surface area contributed by atoms with E-state index < -0.39 is 0 Å². The van der Waals surface area contributed by atoms with Crippen molar-refractivity contribution in [3.05, 3.63) is 71.6 Å². The molecule has 0 aliphatic rings. The Morgan fingerprint density at radius 1 is 0.893 bits per heavy atom. The van der Waals surface area contributed by atoms with Crippen LogP contribution in [0, 0.1) is 0 Å². The summed E-state index contributed by atoms with van der Waals surface area (Å²) in [6.07, 6.45) is 1.39. The highest BCUT2D eigenvalue weighted by Crippen LogP contribution is 2.12. The zero-order valence-corrected chi connectivity index (χ0v) is 16.2. The lowest BCUT2D eigenvalue weighted by molar-refractivity contribution is -0.116. The lowest BCUT2D eigenvalue weighted by Gasteiger charge is -2.13. The topological polar surface area (TPSA) is 94.8 Å². The van der Waals surface area contributed by atoms with Gasteiger partial charge in [-0.1, -0.05) is 24.3 Å². The Kier molecular flexibility index (Phi) is 8.68. The third-order valence-corrected chi connectivity index (χ3v) is 3.89. The molecule has 2 aromatic carbocycles. The van der Waals surface area contributed by atoms with Gasteiger partial charge >= 0.3 is 0 Å². The first kappa shape index (κ1) is 21.1. The van der Waals surface area contributed by atoms with Crippen molar-refractivity contribution in [3.8, 4) is 11.5 Å². The second kappa shape index (κ2) is 11.5. The Bertz CT molecular complexity index is 758. The van der Waals surface area contributed by atoms with Crippen molar-refractivity contribution in [3.63, 3.8) is 0 Å². The lowest BCUT2D eigenvalue weighted by Crippen LogP contribution is -2.25. The Labute approximate surface area is 165 Å². The fourth-order valence-corrected chi connectivity index (χ4v) is 2.35. The number of benzene rings is 2. The number of nitrogens with one attached hydrogen (secondary N) is 2. The van der Waals surface area contributed by atoms with Crippen LogP contribution in [-0.4, -0.2) is 33.3 Å². The van der Waals surface area contributed by atoms with Gasteiger partial charge in [0.05, 0.1) is 20.3 Å². The molecule has 7 heteroatoms. The van der Waals surface area contributed by atoms with Gasteiger partial charge in [-0.2, -0.15) is 0 Å². The zero-order valence-electron chi connectivity index (χ0n) is 16.2. The van der Waals surface area contributed by atoms with Gasteiger partial charge in [-0.15, -0.1) is 0 Å². The minimum absolute atomic E-state index is 0.259. The highest BCUT2D eigenvalue weighted by Gasteiger charge is 2.05. The average molecular weight is 385 g/mol. The van der Waals surface area contributed by atoms with Crippen molar-refractivity contribution in [2.24, 2.45) is 5.73 Å². The van der Waals surface area contributed by atoms with E-state index in [9.17, 15) is 4.79 Å². The highest BCUT2D eigenvalue weighted by molar-refractivity contribution is 5.87. The predicted octanol–water partition coefficient (Wildman–Crippen LogP) is 1.93. The normalized spacial score (nSPS) is 10.9. The number of carbonyl (C=O) groups is 1. The summed E-state index contributed by atoms with van der Waals surface area (Å²) in [6, 6.07) is 15.1. The van der Waals surface area contributed by atoms with Gasteiger partial charge in [0.1, 0.15) is 18.1 Å². The number of carbonyl (C=O) groups excluding carboxylic acids is 1. The molecule has 0 bridgehead atoms. The molecule has 0 heterocycles. The maximum Gasteiger partial charge on any atom is 0.249 e. The monoisotopic (exact) mass is 385 g/mol. The fraction of sp³-hybridized carbons (Fsp3) is 0.286. The summed E-state index contributed by atoms with van der Waals surface area (Å²) in [7, 11) is 3.24. The molecule has 7 nitrogen and oxygen atoms in total. The van der Waals surface area contributed by atoms with E-state index in [2.05, 4.69) is 10.6 Å². The van der Waals surface area contributed by atoms with E-state index in [0.29, 0.717) is 32.1 Å². The van der Waals surface area contributed by atoms with Gasteiger partial charge < -0.3 is 30.6 Å². The molecule has 0 saturated carbocycles. The van der Waals surface area contributed by atoms with E-state index >= 15 is 0 Å². The van der Waals surface area contributed by atoms with Crippen LogP contribution in [0.2, 0.25) is 0 Å². The number of methoxy groups -OCH3 is 2. The van der Waals surface area contributed by atoms with Gasteiger partial charge in [-0.25, -0.2) is 0 Å². The molecule has 0 aromatic heterocycles.